The van der Waals surface area contributed by atoms with Crippen molar-refractivity contribution < 1.29 is 14.8 Å². The van der Waals surface area contributed by atoms with Gasteiger partial charge in [0.25, 0.3) is 0 Å². The molecule has 0 atom stereocenters. The maximum Gasteiger partial charge on any atom is 0.491 e. The van der Waals surface area contributed by atoms with Gasteiger partial charge in [0.15, 0.2) is 0 Å². The third-order valence-electron chi connectivity index (χ3n) is 2.30. The molecule has 2 N–H and O–H groups in total. The molecule has 13 heavy (non-hydrogen) atoms. The minimum absolute atomic E-state index is 0.0459. The number of hydrogen-bond donors (Lipinski definition) is 2. The van der Waals surface area contributed by atoms with Gasteiger partial charge >= 0.3 is 7.12 Å². The molecule has 0 aliphatic carbocycles. The Bertz CT molecular complexity index is 314. The molecule has 68 valence electrons. The number of hydrogen-bond acceptors (Lipinski definition) is 3. The van der Waals surface area contributed by atoms with Crippen LogP contribution in [0.1, 0.15) is 11.1 Å². The average Bonchev–Trinajstić information content (AvgIpc) is 2.18. The van der Waals surface area contributed by atoms with Crippen LogP contribution in [0.25, 0.3) is 0 Å². The zero-order chi connectivity index (χ0) is 9.26. The van der Waals surface area contributed by atoms with Crippen LogP contribution in [0.3, 0.4) is 0 Å². The number of aliphatic hydroxyl groups is 1. The Labute approximate surface area is 77.1 Å². The van der Waals surface area contributed by atoms with Gasteiger partial charge in [-0.2, -0.15) is 0 Å². The normalized spacial score (nSPS) is 15.7. The monoisotopic (exact) mass is 178 g/mol. The Balaban J connectivity index is 2.39. The smallest absolute Gasteiger partial charge is 0.423 e. The van der Waals surface area contributed by atoms with Gasteiger partial charge in [0.1, 0.15) is 0 Å². The van der Waals surface area contributed by atoms with Crippen molar-refractivity contribution >= 4 is 12.6 Å². The van der Waals surface area contributed by atoms with E-state index in [2.05, 4.69) is 0 Å². The van der Waals surface area contributed by atoms with Gasteiger partial charge in [0.2, 0.25) is 0 Å². The van der Waals surface area contributed by atoms with Gasteiger partial charge in [-0.1, -0.05) is 18.2 Å². The molecule has 0 radical (unpaired) electrons. The summed E-state index contributed by atoms with van der Waals surface area (Å²) in [6, 6.07) is 5.53. The molecule has 0 amide bonds. The second-order valence-electron chi connectivity index (χ2n) is 3.16. The van der Waals surface area contributed by atoms with E-state index in [1.165, 1.54) is 0 Å². The molecule has 0 spiro atoms. The van der Waals surface area contributed by atoms with Crippen molar-refractivity contribution in [2.24, 2.45) is 0 Å². The highest BCUT2D eigenvalue weighted by Gasteiger charge is 2.24. The van der Waals surface area contributed by atoms with E-state index in [4.69, 9.17) is 9.76 Å². The van der Waals surface area contributed by atoms with Gasteiger partial charge < -0.3 is 14.8 Å². The predicted molar refractivity (Wildman–Crippen MR) is 49.6 cm³/mol. The molecular formula is C9H11BO3. The van der Waals surface area contributed by atoms with E-state index in [-0.39, 0.29) is 6.61 Å². The van der Waals surface area contributed by atoms with Gasteiger partial charge in [-0.15, -0.1) is 0 Å². The van der Waals surface area contributed by atoms with Crippen LogP contribution in [0.5, 0.6) is 0 Å². The molecule has 3 nitrogen and oxygen atoms in total. The molecule has 0 aromatic heterocycles. The molecule has 1 aromatic carbocycles. The number of aliphatic hydroxyl groups excluding tert-OH is 1. The second kappa shape index (κ2) is 3.50. The fourth-order valence-corrected chi connectivity index (χ4v) is 1.59. The SMILES string of the molecule is OCc1ccc2c(c1)CCOB2O. The van der Waals surface area contributed by atoms with Gasteiger partial charge in [-0.3, -0.25) is 0 Å². The zero-order valence-electron chi connectivity index (χ0n) is 7.23. The fraction of sp³-hybridized carbons (Fsp3) is 0.333. The number of benzene rings is 1. The lowest BCUT2D eigenvalue weighted by Crippen LogP contribution is -2.41. The molecular weight excluding hydrogens is 167 g/mol. The second-order valence-corrected chi connectivity index (χ2v) is 3.16. The van der Waals surface area contributed by atoms with Crippen molar-refractivity contribution in [1.82, 2.24) is 0 Å². The van der Waals surface area contributed by atoms with Crippen LogP contribution in [-0.2, 0) is 17.7 Å². The van der Waals surface area contributed by atoms with Crippen molar-refractivity contribution in [3.8, 4) is 0 Å². The first kappa shape index (κ1) is 8.75. The topological polar surface area (TPSA) is 49.7 Å². The van der Waals surface area contributed by atoms with Crippen LogP contribution >= 0.6 is 0 Å². The molecule has 0 saturated carbocycles. The summed E-state index contributed by atoms with van der Waals surface area (Å²) in [6.45, 7) is 0.591. The van der Waals surface area contributed by atoms with Crippen LogP contribution in [0, 0.1) is 0 Å². The van der Waals surface area contributed by atoms with E-state index >= 15 is 0 Å². The maximum atomic E-state index is 9.44. The Hall–Kier alpha value is -0.835. The predicted octanol–water partition coefficient (Wildman–Crippen LogP) is -0.561. The first-order valence-electron chi connectivity index (χ1n) is 4.33. The Morgan fingerprint density at radius 3 is 3.08 bits per heavy atom. The van der Waals surface area contributed by atoms with E-state index < -0.39 is 7.12 Å². The molecule has 0 bridgehead atoms. The quantitative estimate of drug-likeness (QED) is 0.566. The van der Waals surface area contributed by atoms with Gasteiger partial charge in [-0.05, 0) is 23.0 Å². The summed E-state index contributed by atoms with van der Waals surface area (Å²) in [5.41, 5.74) is 2.78. The van der Waals surface area contributed by atoms with Crippen molar-refractivity contribution in [3.05, 3.63) is 29.3 Å². The molecule has 1 aliphatic rings. The molecule has 0 fully saturated rings. The highest BCUT2D eigenvalue weighted by molar-refractivity contribution is 6.60. The van der Waals surface area contributed by atoms with Crippen LogP contribution in [0.4, 0.5) is 0 Å². The van der Waals surface area contributed by atoms with Crippen molar-refractivity contribution in [2.45, 2.75) is 13.0 Å². The molecule has 4 heteroatoms. The standard InChI is InChI=1S/C9H11BO3/c11-6-7-1-2-9-8(5-7)3-4-13-10(9)12/h1-2,5,11-12H,3-4,6H2. The molecule has 0 unspecified atom stereocenters. The number of rotatable bonds is 1. The van der Waals surface area contributed by atoms with Gasteiger partial charge in [-0.25, -0.2) is 0 Å². The van der Waals surface area contributed by atoms with Crippen LogP contribution in [-0.4, -0.2) is 23.9 Å². The van der Waals surface area contributed by atoms with Crippen molar-refractivity contribution in [2.75, 3.05) is 6.61 Å². The largest absolute Gasteiger partial charge is 0.491 e. The third-order valence-corrected chi connectivity index (χ3v) is 2.30. The Morgan fingerprint density at radius 2 is 2.31 bits per heavy atom. The Morgan fingerprint density at radius 1 is 1.46 bits per heavy atom. The minimum atomic E-state index is -0.795. The third kappa shape index (κ3) is 1.61. The molecule has 1 aromatic rings. The maximum absolute atomic E-state index is 9.44. The molecule has 1 heterocycles. The summed E-state index contributed by atoms with van der Waals surface area (Å²) in [5.74, 6) is 0. The lowest BCUT2D eigenvalue weighted by molar-refractivity contribution is 0.265. The zero-order valence-corrected chi connectivity index (χ0v) is 7.23. The fourth-order valence-electron chi connectivity index (χ4n) is 1.59. The van der Waals surface area contributed by atoms with E-state index in [9.17, 15) is 5.02 Å². The summed E-state index contributed by atoms with van der Waals surface area (Å²) in [4.78, 5) is 0. The van der Waals surface area contributed by atoms with E-state index in [1.807, 2.05) is 12.1 Å². The molecule has 0 saturated heterocycles. The lowest BCUT2D eigenvalue weighted by Gasteiger charge is -2.19. The summed E-state index contributed by atoms with van der Waals surface area (Å²) < 4.78 is 5.07. The first-order valence-corrected chi connectivity index (χ1v) is 4.33. The highest BCUT2D eigenvalue weighted by atomic mass is 16.5. The average molecular weight is 178 g/mol. The summed E-state index contributed by atoms with van der Waals surface area (Å²) in [6.07, 6.45) is 0.806. The summed E-state index contributed by atoms with van der Waals surface area (Å²) in [5, 5.41) is 18.4. The summed E-state index contributed by atoms with van der Waals surface area (Å²) in [7, 11) is -0.795. The van der Waals surface area contributed by atoms with Crippen LogP contribution in [0.15, 0.2) is 18.2 Å². The van der Waals surface area contributed by atoms with Gasteiger partial charge in [0, 0.05) is 6.61 Å². The van der Waals surface area contributed by atoms with Crippen molar-refractivity contribution in [1.29, 1.82) is 0 Å². The van der Waals surface area contributed by atoms with E-state index in [0.717, 1.165) is 23.0 Å². The number of fused-ring (bicyclic) bond motifs is 1. The lowest BCUT2D eigenvalue weighted by atomic mass is 9.73. The minimum Gasteiger partial charge on any atom is -0.423 e. The first-order chi connectivity index (χ1) is 6.31. The van der Waals surface area contributed by atoms with E-state index in [0.29, 0.717) is 6.61 Å². The van der Waals surface area contributed by atoms with Crippen LogP contribution < -0.4 is 5.46 Å². The van der Waals surface area contributed by atoms with Crippen LogP contribution in [0.2, 0.25) is 0 Å². The Kier molecular flexibility index (Phi) is 2.35. The van der Waals surface area contributed by atoms with Crippen molar-refractivity contribution in [3.63, 3.8) is 0 Å². The van der Waals surface area contributed by atoms with E-state index in [1.54, 1.807) is 6.07 Å². The summed E-state index contributed by atoms with van der Waals surface area (Å²) >= 11 is 0. The highest BCUT2D eigenvalue weighted by Crippen LogP contribution is 2.09. The van der Waals surface area contributed by atoms with Gasteiger partial charge in [0.05, 0.1) is 6.61 Å². The molecule has 2 rings (SSSR count). The molecule has 1 aliphatic heterocycles.